The summed E-state index contributed by atoms with van der Waals surface area (Å²) in [6, 6.07) is -1.12. The molecule has 3 aliphatic heterocycles. The second-order valence-corrected chi connectivity index (χ2v) is 35.4. The zero-order valence-electron chi connectivity index (χ0n) is 48.3. The summed E-state index contributed by atoms with van der Waals surface area (Å²) < 4.78 is 39.7. The number of amides is 1. The van der Waals surface area contributed by atoms with Gasteiger partial charge in [-0.3, -0.25) is 14.4 Å². The maximum atomic E-state index is 15.1. The van der Waals surface area contributed by atoms with E-state index < -0.39 is 94.6 Å². The van der Waals surface area contributed by atoms with Gasteiger partial charge in [0.05, 0.1) is 30.5 Å². The first-order valence-electron chi connectivity index (χ1n) is 27.8. The van der Waals surface area contributed by atoms with Crippen LogP contribution in [0.3, 0.4) is 0 Å². The van der Waals surface area contributed by atoms with E-state index in [2.05, 4.69) is 101 Å². The number of hydrogen-bond donors (Lipinski definition) is 2. The molecule has 72 heavy (non-hydrogen) atoms. The van der Waals surface area contributed by atoms with Crippen molar-refractivity contribution in [2.75, 3.05) is 20.8 Å². The minimum absolute atomic E-state index is 0.00140. The lowest BCUT2D eigenvalue weighted by molar-refractivity contribution is -0.302. The number of piperidine rings is 1. The van der Waals surface area contributed by atoms with Crippen molar-refractivity contribution in [3.8, 4) is 0 Å². The van der Waals surface area contributed by atoms with Crippen molar-refractivity contribution < 1.29 is 57.2 Å². The molecule has 4 aliphatic rings. The lowest BCUT2D eigenvalue weighted by Gasteiger charge is -2.47. The predicted molar refractivity (Wildman–Crippen MR) is 289 cm³/mol. The van der Waals surface area contributed by atoms with Gasteiger partial charge in [0.2, 0.25) is 14.1 Å². The zero-order valence-corrected chi connectivity index (χ0v) is 50.3. The van der Waals surface area contributed by atoms with Gasteiger partial charge in [0.15, 0.2) is 8.32 Å². The molecule has 13 nitrogen and oxygen atoms in total. The number of carbonyl (C=O) groups is 4. The normalized spacial score (nSPS) is 36.0. The van der Waals surface area contributed by atoms with Gasteiger partial charge < -0.3 is 42.9 Å². The third-order valence-electron chi connectivity index (χ3n) is 17.9. The lowest BCUT2D eigenvalue weighted by atomic mass is 9.81. The van der Waals surface area contributed by atoms with Crippen molar-refractivity contribution in [1.29, 1.82) is 0 Å². The predicted octanol–water partition coefficient (Wildman–Crippen LogP) is 11.0. The van der Waals surface area contributed by atoms with Crippen molar-refractivity contribution in [3.05, 3.63) is 23.3 Å². The molecule has 0 spiro atoms. The minimum atomic E-state index is -2.67. The van der Waals surface area contributed by atoms with Gasteiger partial charge in [-0.15, -0.1) is 0 Å². The average Bonchev–Trinajstić information content (AvgIpc) is 3.30. The van der Waals surface area contributed by atoms with E-state index in [-0.39, 0.29) is 77.1 Å². The number of cyclic esters (lactones) is 1. The molecule has 1 amide bonds. The van der Waals surface area contributed by atoms with E-state index in [9.17, 15) is 19.8 Å². The topological polar surface area (TPSA) is 167 Å². The monoisotopic (exact) mass is 1050 g/mol. The molecular formula is C57H101NO12Si2. The van der Waals surface area contributed by atoms with Gasteiger partial charge in [-0.25, -0.2) is 4.79 Å². The van der Waals surface area contributed by atoms with Gasteiger partial charge in [0.1, 0.15) is 24.0 Å². The quantitative estimate of drug-likeness (QED) is 0.0823. The van der Waals surface area contributed by atoms with Crippen LogP contribution in [-0.4, -0.2) is 131 Å². The summed E-state index contributed by atoms with van der Waals surface area (Å²) in [5.41, 5.74) is 2.46. The number of ketones is 2. The molecule has 0 aromatic carbocycles. The van der Waals surface area contributed by atoms with E-state index in [0.717, 1.165) is 11.1 Å². The third kappa shape index (κ3) is 14.3. The van der Waals surface area contributed by atoms with Crippen LogP contribution < -0.4 is 0 Å². The van der Waals surface area contributed by atoms with E-state index in [1.807, 2.05) is 20.8 Å². The van der Waals surface area contributed by atoms with E-state index in [4.69, 9.17) is 27.8 Å². The number of nitrogens with zero attached hydrogens (tertiary/aromatic N) is 1. The highest BCUT2D eigenvalue weighted by atomic mass is 28.4. The van der Waals surface area contributed by atoms with E-state index in [1.165, 1.54) is 4.90 Å². The smallest absolute Gasteiger partial charge is 0.329 e. The van der Waals surface area contributed by atoms with Crippen LogP contribution in [0, 0.1) is 29.6 Å². The molecule has 15 heteroatoms. The van der Waals surface area contributed by atoms with Crippen LogP contribution in [0.1, 0.15) is 174 Å². The van der Waals surface area contributed by atoms with Gasteiger partial charge in [-0.1, -0.05) is 108 Å². The van der Waals surface area contributed by atoms with Crippen LogP contribution in [0.15, 0.2) is 23.3 Å². The maximum Gasteiger partial charge on any atom is 0.329 e. The fourth-order valence-corrected chi connectivity index (χ4v) is 19.6. The fraction of sp³-hybridized carbons (Fsp3) is 0.860. The number of hydrogen-bond acceptors (Lipinski definition) is 12. The molecular weight excluding hydrogens is 947 g/mol. The van der Waals surface area contributed by atoms with Gasteiger partial charge in [-0.05, 0) is 130 Å². The third-order valence-corrected chi connectivity index (χ3v) is 28.5. The van der Waals surface area contributed by atoms with Gasteiger partial charge in [0.25, 0.3) is 11.7 Å². The molecule has 0 aromatic heterocycles. The summed E-state index contributed by atoms with van der Waals surface area (Å²) in [5.74, 6) is -6.93. The van der Waals surface area contributed by atoms with Crippen LogP contribution >= 0.6 is 0 Å². The molecule has 4 rings (SSSR count). The first-order chi connectivity index (χ1) is 33.4. The number of allylic oxidation sites excluding steroid dienone is 3. The van der Waals surface area contributed by atoms with Gasteiger partial charge in [0, 0.05) is 44.9 Å². The Bertz CT molecular complexity index is 1870. The molecule has 3 heterocycles. The molecule has 1 saturated carbocycles. The summed E-state index contributed by atoms with van der Waals surface area (Å²) in [6.07, 6.45) is 5.14. The molecule has 0 aromatic rings. The molecule has 3 fully saturated rings. The largest absolute Gasteiger partial charge is 0.456 e. The Morgan fingerprint density at radius 1 is 0.861 bits per heavy atom. The fourth-order valence-electron chi connectivity index (χ4n) is 12.6. The molecule has 2 N–H and O–H groups in total. The summed E-state index contributed by atoms with van der Waals surface area (Å²) >= 11 is 0. The Hall–Kier alpha value is -2.09. The van der Waals surface area contributed by atoms with E-state index >= 15 is 9.59 Å². The molecule has 0 radical (unpaired) electrons. The first kappa shape index (κ1) is 62.5. The van der Waals surface area contributed by atoms with Crippen molar-refractivity contribution >= 4 is 40.1 Å². The number of rotatable bonds is 12. The second-order valence-electron chi connectivity index (χ2n) is 25.2. The highest BCUT2D eigenvalue weighted by molar-refractivity contribution is 6.77. The lowest BCUT2D eigenvalue weighted by Crippen LogP contribution is -2.64. The first-order valence-corrected chi connectivity index (χ1v) is 32.9. The number of ether oxygens (including phenoxy) is 4. The Morgan fingerprint density at radius 3 is 2.01 bits per heavy atom. The molecule has 414 valence electrons. The number of methoxy groups -OCH3 is 2. The molecule has 1 aliphatic carbocycles. The standard InChI is InChI=1S/C57H101NO12Si2/c1-20-43-28-37(8)27-38(9)29-49(65-16)52-50(66-17)31-40(11)57(64,68-52)53(61)54(62)58-26-22-21-23-44(58)55(63)67-51(41(12)47(33-46(43)60)70-72(34(2)3,35(4)5)36(6)7)39(10)30-42-24-25-45(59)48(32-42)69-71(18,19)56(13,14)15/h28,30,34-36,38,40-45,47-52,59,64H,20-27,29,31-33H2,1-19H3/b37-28+,39-30?. The summed E-state index contributed by atoms with van der Waals surface area (Å²) in [6.45, 7) is 36.4. The molecule has 2 saturated heterocycles. The molecule has 2 bridgehead atoms. The van der Waals surface area contributed by atoms with Crippen molar-refractivity contribution in [2.24, 2.45) is 29.6 Å². The van der Waals surface area contributed by atoms with Gasteiger partial charge >= 0.3 is 5.97 Å². The Labute approximate surface area is 437 Å². The van der Waals surface area contributed by atoms with Crippen molar-refractivity contribution in [3.63, 3.8) is 0 Å². The van der Waals surface area contributed by atoms with Crippen LogP contribution in [0.25, 0.3) is 0 Å². The molecule has 14 unspecified atom stereocenters. The highest BCUT2D eigenvalue weighted by Gasteiger charge is 2.57. The summed E-state index contributed by atoms with van der Waals surface area (Å²) in [5, 5.41) is 23.6. The second kappa shape index (κ2) is 25.8. The van der Waals surface area contributed by atoms with Crippen LogP contribution in [-0.2, 0) is 47.0 Å². The number of aliphatic hydroxyl groups excluding tert-OH is 1. The number of esters is 1. The van der Waals surface area contributed by atoms with Crippen molar-refractivity contribution in [2.45, 2.75) is 264 Å². The van der Waals surface area contributed by atoms with Gasteiger partial charge in [-0.2, -0.15) is 0 Å². The summed E-state index contributed by atoms with van der Waals surface area (Å²) in [7, 11) is -1.79. The minimum Gasteiger partial charge on any atom is -0.456 e. The number of carbonyl (C=O) groups excluding carboxylic acids is 4. The SMILES string of the molecule is CCC1/C=C(\C)CC(C)CC(OC)C2OC(O)(C(=O)C(=O)N3CCCCC3C(=O)OC(C(C)=CC3CCC(O)C(O[Si](C)(C)C(C)(C)C)C3)C(C)C(O[Si](C(C)C)(C(C)C)C(C)C)CC1=O)C(C)CC2OC. The highest BCUT2D eigenvalue weighted by Crippen LogP contribution is 2.46. The number of Topliss-reactive ketones (excluding diaryl/α,β-unsaturated/α-hetero) is 2. The van der Waals surface area contributed by atoms with Crippen LogP contribution in [0.2, 0.25) is 34.8 Å². The number of fused-ring (bicyclic) bond motifs is 3. The van der Waals surface area contributed by atoms with E-state index in [1.54, 1.807) is 21.1 Å². The van der Waals surface area contributed by atoms with Crippen LogP contribution in [0.5, 0.6) is 0 Å². The van der Waals surface area contributed by atoms with Crippen molar-refractivity contribution in [1.82, 2.24) is 4.90 Å². The van der Waals surface area contributed by atoms with Crippen LogP contribution in [0.4, 0.5) is 0 Å². The average molecular weight is 1050 g/mol. The Balaban J connectivity index is 1.94. The summed E-state index contributed by atoms with van der Waals surface area (Å²) in [4.78, 5) is 60.8. The zero-order chi connectivity index (χ0) is 54.4. The molecule has 14 atom stereocenters. The number of aliphatic hydroxyl groups is 2. The Kier molecular flexibility index (Phi) is 22.4. The maximum absolute atomic E-state index is 15.1. The Morgan fingerprint density at radius 2 is 1.46 bits per heavy atom. The van der Waals surface area contributed by atoms with E-state index in [0.29, 0.717) is 51.4 Å².